The van der Waals surface area contributed by atoms with Crippen molar-refractivity contribution in [1.29, 1.82) is 0 Å². The van der Waals surface area contributed by atoms with Gasteiger partial charge >= 0.3 is 6.03 Å². The molecule has 2 aliphatic heterocycles. The Hall–Kier alpha value is -3.29. The molecular formula is C23H28N4O4. The molecule has 0 spiro atoms. The minimum atomic E-state index is -0.161. The Kier molecular flexibility index (Phi) is 5.97. The number of carbonyl (C=O) groups excluding carboxylic acids is 3. The van der Waals surface area contributed by atoms with Gasteiger partial charge in [0.05, 0.1) is 6.26 Å². The Bertz CT molecular complexity index is 931. The predicted octanol–water partition coefficient (Wildman–Crippen LogP) is 2.63. The minimum Gasteiger partial charge on any atom is -0.459 e. The molecule has 0 aliphatic carbocycles. The van der Waals surface area contributed by atoms with Crippen LogP contribution in [0.2, 0.25) is 0 Å². The Balaban J connectivity index is 1.29. The van der Waals surface area contributed by atoms with E-state index in [4.69, 9.17) is 4.42 Å². The molecule has 1 aromatic heterocycles. The maximum Gasteiger partial charge on any atom is 0.325 e. The van der Waals surface area contributed by atoms with E-state index in [2.05, 4.69) is 13.8 Å². The summed E-state index contributed by atoms with van der Waals surface area (Å²) in [5.41, 5.74) is 2.08. The number of benzene rings is 1. The standard InChI is InChI=1S/C23H28N4O4/c1-17(2)18-5-7-19(8-6-18)27-14-13-26(23(27)30)16-21(28)24-9-11-25(12-10-24)22(29)20-4-3-15-31-20/h3-8,15,17H,9-14,16H2,1-2H3. The molecule has 2 aromatic rings. The molecule has 3 heterocycles. The first-order valence-electron chi connectivity index (χ1n) is 10.7. The van der Waals surface area contributed by atoms with Gasteiger partial charge in [-0.2, -0.15) is 0 Å². The van der Waals surface area contributed by atoms with Crippen LogP contribution in [-0.2, 0) is 4.79 Å². The van der Waals surface area contributed by atoms with Gasteiger partial charge in [0.2, 0.25) is 5.91 Å². The third kappa shape index (κ3) is 4.42. The number of rotatable bonds is 5. The van der Waals surface area contributed by atoms with E-state index in [1.807, 2.05) is 24.3 Å². The smallest absolute Gasteiger partial charge is 0.325 e. The lowest BCUT2D eigenvalue weighted by molar-refractivity contribution is -0.133. The number of piperazine rings is 1. The van der Waals surface area contributed by atoms with Crippen LogP contribution < -0.4 is 4.90 Å². The van der Waals surface area contributed by atoms with E-state index in [0.29, 0.717) is 50.9 Å². The molecule has 0 N–H and O–H groups in total. The molecule has 0 atom stereocenters. The quantitative estimate of drug-likeness (QED) is 0.739. The normalized spacial score (nSPS) is 17.1. The Labute approximate surface area is 182 Å². The van der Waals surface area contributed by atoms with Crippen molar-refractivity contribution in [3.63, 3.8) is 0 Å². The zero-order valence-corrected chi connectivity index (χ0v) is 18.0. The van der Waals surface area contributed by atoms with Crippen LogP contribution in [0.15, 0.2) is 47.1 Å². The summed E-state index contributed by atoms with van der Waals surface area (Å²) >= 11 is 0. The van der Waals surface area contributed by atoms with Gasteiger partial charge in [0.1, 0.15) is 6.54 Å². The van der Waals surface area contributed by atoms with Crippen molar-refractivity contribution in [3.05, 3.63) is 54.0 Å². The molecular weight excluding hydrogens is 396 g/mol. The van der Waals surface area contributed by atoms with Crippen molar-refractivity contribution in [3.8, 4) is 0 Å². The molecule has 0 bridgehead atoms. The first kappa shape index (κ1) is 21.0. The molecule has 2 saturated heterocycles. The van der Waals surface area contributed by atoms with E-state index in [0.717, 1.165) is 5.69 Å². The van der Waals surface area contributed by atoms with Gasteiger partial charge in [0.25, 0.3) is 5.91 Å². The van der Waals surface area contributed by atoms with Crippen LogP contribution in [0.3, 0.4) is 0 Å². The fourth-order valence-electron chi connectivity index (χ4n) is 3.99. The molecule has 0 radical (unpaired) electrons. The zero-order chi connectivity index (χ0) is 22.0. The van der Waals surface area contributed by atoms with E-state index < -0.39 is 0 Å². The molecule has 2 fully saturated rings. The summed E-state index contributed by atoms with van der Waals surface area (Å²) in [5, 5.41) is 0. The SMILES string of the molecule is CC(C)c1ccc(N2CCN(CC(=O)N3CCN(C(=O)c4ccco4)CC3)C2=O)cc1. The second-order valence-electron chi connectivity index (χ2n) is 8.25. The molecule has 0 unspecified atom stereocenters. The van der Waals surface area contributed by atoms with Crippen molar-refractivity contribution in [2.75, 3.05) is 50.7 Å². The number of hydrogen-bond donors (Lipinski definition) is 0. The van der Waals surface area contributed by atoms with Crippen molar-refractivity contribution >= 4 is 23.5 Å². The Morgan fingerprint density at radius 2 is 1.61 bits per heavy atom. The molecule has 0 saturated carbocycles. The number of amides is 4. The lowest BCUT2D eigenvalue weighted by Gasteiger charge is -2.35. The zero-order valence-electron chi connectivity index (χ0n) is 18.0. The first-order valence-corrected chi connectivity index (χ1v) is 10.7. The van der Waals surface area contributed by atoms with Crippen molar-refractivity contribution in [2.45, 2.75) is 19.8 Å². The number of nitrogens with zero attached hydrogens (tertiary/aromatic N) is 4. The lowest BCUT2D eigenvalue weighted by atomic mass is 10.0. The van der Waals surface area contributed by atoms with Crippen molar-refractivity contribution < 1.29 is 18.8 Å². The van der Waals surface area contributed by atoms with Crippen LogP contribution in [-0.4, -0.2) is 78.4 Å². The van der Waals surface area contributed by atoms with Gasteiger partial charge < -0.3 is 19.1 Å². The number of furan rings is 1. The van der Waals surface area contributed by atoms with Crippen molar-refractivity contribution in [1.82, 2.24) is 14.7 Å². The number of anilines is 1. The summed E-state index contributed by atoms with van der Waals surface area (Å²) in [6, 6.07) is 11.2. The van der Waals surface area contributed by atoms with E-state index >= 15 is 0 Å². The molecule has 31 heavy (non-hydrogen) atoms. The molecule has 4 amide bonds. The van der Waals surface area contributed by atoms with Gasteiger partial charge in [-0.3, -0.25) is 14.5 Å². The summed E-state index contributed by atoms with van der Waals surface area (Å²) in [4.78, 5) is 44.7. The number of urea groups is 1. The summed E-state index contributed by atoms with van der Waals surface area (Å²) in [6.07, 6.45) is 1.47. The molecule has 164 valence electrons. The van der Waals surface area contributed by atoms with E-state index in [9.17, 15) is 14.4 Å². The highest BCUT2D eigenvalue weighted by molar-refractivity contribution is 5.96. The van der Waals surface area contributed by atoms with Crippen LogP contribution in [0.5, 0.6) is 0 Å². The van der Waals surface area contributed by atoms with Gasteiger partial charge in [-0.15, -0.1) is 0 Å². The average Bonchev–Trinajstić information content (AvgIpc) is 3.44. The summed E-state index contributed by atoms with van der Waals surface area (Å²) < 4.78 is 5.17. The van der Waals surface area contributed by atoms with Crippen LogP contribution in [0.1, 0.15) is 35.9 Å². The summed E-state index contributed by atoms with van der Waals surface area (Å²) in [6.45, 7) is 7.23. The lowest BCUT2D eigenvalue weighted by Crippen LogP contribution is -2.52. The summed E-state index contributed by atoms with van der Waals surface area (Å²) in [7, 11) is 0. The van der Waals surface area contributed by atoms with Gasteiger partial charge in [-0.05, 0) is 35.7 Å². The van der Waals surface area contributed by atoms with Gasteiger partial charge in [-0.1, -0.05) is 26.0 Å². The first-order chi connectivity index (χ1) is 14.9. The van der Waals surface area contributed by atoms with Crippen LogP contribution in [0.25, 0.3) is 0 Å². The van der Waals surface area contributed by atoms with Crippen LogP contribution in [0.4, 0.5) is 10.5 Å². The van der Waals surface area contributed by atoms with E-state index in [1.165, 1.54) is 11.8 Å². The van der Waals surface area contributed by atoms with Gasteiger partial charge in [0.15, 0.2) is 5.76 Å². The molecule has 8 nitrogen and oxygen atoms in total. The molecule has 4 rings (SSSR count). The molecule has 8 heteroatoms. The monoisotopic (exact) mass is 424 g/mol. The molecule has 1 aromatic carbocycles. The maximum atomic E-state index is 12.8. The Morgan fingerprint density at radius 1 is 0.935 bits per heavy atom. The Morgan fingerprint density at radius 3 is 2.23 bits per heavy atom. The minimum absolute atomic E-state index is 0.0611. The fraction of sp³-hybridized carbons (Fsp3) is 0.435. The van der Waals surface area contributed by atoms with E-state index in [1.54, 1.807) is 31.7 Å². The van der Waals surface area contributed by atoms with Crippen molar-refractivity contribution in [2.24, 2.45) is 0 Å². The highest BCUT2D eigenvalue weighted by atomic mass is 16.3. The van der Waals surface area contributed by atoms with Crippen LogP contribution in [0, 0.1) is 0 Å². The average molecular weight is 425 g/mol. The third-order valence-corrected chi connectivity index (χ3v) is 5.94. The largest absolute Gasteiger partial charge is 0.459 e. The van der Waals surface area contributed by atoms with Crippen LogP contribution >= 0.6 is 0 Å². The predicted molar refractivity (Wildman–Crippen MR) is 116 cm³/mol. The maximum absolute atomic E-state index is 12.8. The second kappa shape index (κ2) is 8.83. The highest BCUT2D eigenvalue weighted by Gasteiger charge is 2.33. The van der Waals surface area contributed by atoms with E-state index in [-0.39, 0.29) is 24.4 Å². The highest BCUT2D eigenvalue weighted by Crippen LogP contribution is 2.23. The second-order valence-corrected chi connectivity index (χ2v) is 8.25. The fourth-order valence-corrected chi connectivity index (χ4v) is 3.99. The summed E-state index contributed by atoms with van der Waals surface area (Å²) in [5.74, 6) is 0.498. The number of carbonyl (C=O) groups is 3. The van der Waals surface area contributed by atoms with Gasteiger partial charge in [0, 0.05) is 45.0 Å². The third-order valence-electron chi connectivity index (χ3n) is 5.94. The topological polar surface area (TPSA) is 77.3 Å². The number of hydrogen-bond acceptors (Lipinski definition) is 4. The molecule has 2 aliphatic rings. The van der Waals surface area contributed by atoms with Gasteiger partial charge in [-0.25, -0.2) is 4.79 Å².